The van der Waals surface area contributed by atoms with Crippen molar-refractivity contribution < 1.29 is 0 Å². The third-order valence-corrected chi connectivity index (χ3v) is 4.58. The van der Waals surface area contributed by atoms with Crippen LogP contribution in [-0.2, 0) is 0 Å². The highest BCUT2D eigenvalue weighted by Crippen LogP contribution is 2.16. The van der Waals surface area contributed by atoms with Crippen LogP contribution in [0.5, 0.6) is 0 Å². The van der Waals surface area contributed by atoms with Gasteiger partial charge in [-0.2, -0.15) is 5.26 Å². The van der Waals surface area contributed by atoms with Crippen LogP contribution in [0.2, 0.25) is 0 Å². The van der Waals surface area contributed by atoms with Gasteiger partial charge >= 0.3 is 0 Å². The highest BCUT2D eigenvalue weighted by Gasteiger charge is 2.29. The molecule has 0 saturated carbocycles. The van der Waals surface area contributed by atoms with E-state index in [0.29, 0.717) is 0 Å². The zero-order valence-electron chi connectivity index (χ0n) is 12.6. The van der Waals surface area contributed by atoms with Gasteiger partial charge in [0.1, 0.15) is 5.54 Å². The Labute approximate surface area is 118 Å². The summed E-state index contributed by atoms with van der Waals surface area (Å²) < 4.78 is 0. The molecule has 0 atom stereocenters. The number of piperazine rings is 1. The van der Waals surface area contributed by atoms with Crippen molar-refractivity contribution in [1.82, 2.24) is 14.7 Å². The lowest BCUT2D eigenvalue weighted by molar-refractivity contribution is 0.0781. The second-order valence-corrected chi connectivity index (χ2v) is 6.40. The van der Waals surface area contributed by atoms with Gasteiger partial charge in [0.25, 0.3) is 0 Å². The fourth-order valence-electron chi connectivity index (χ4n) is 3.13. The highest BCUT2D eigenvalue weighted by molar-refractivity contribution is 5.02. The Bertz CT molecular complexity index is 307. The smallest absolute Gasteiger partial charge is 0.103 e. The van der Waals surface area contributed by atoms with Crippen molar-refractivity contribution in [3.05, 3.63) is 0 Å². The van der Waals surface area contributed by atoms with Crippen LogP contribution in [0.15, 0.2) is 0 Å². The largest absolute Gasteiger partial charge is 0.303 e. The average Bonchev–Trinajstić information content (AvgIpc) is 2.92. The lowest BCUT2D eigenvalue weighted by atomic mass is 10.0. The summed E-state index contributed by atoms with van der Waals surface area (Å²) in [5.41, 5.74) is -0.304. The summed E-state index contributed by atoms with van der Waals surface area (Å²) >= 11 is 0. The van der Waals surface area contributed by atoms with E-state index in [9.17, 15) is 0 Å². The lowest BCUT2D eigenvalue weighted by Crippen LogP contribution is -2.54. The molecule has 0 amide bonds. The van der Waals surface area contributed by atoms with E-state index in [4.69, 9.17) is 5.26 Å². The first-order valence-corrected chi connectivity index (χ1v) is 7.73. The third kappa shape index (κ3) is 4.17. The molecule has 0 aromatic carbocycles. The van der Waals surface area contributed by atoms with Gasteiger partial charge in [0.15, 0.2) is 0 Å². The second-order valence-electron chi connectivity index (χ2n) is 6.40. The van der Waals surface area contributed by atoms with Crippen molar-refractivity contribution in [2.75, 3.05) is 52.4 Å². The summed E-state index contributed by atoms with van der Waals surface area (Å²) in [6, 6.07) is 2.41. The van der Waals surface area contributed by atoms with E-state index in [1.165, 1.54) is 45.4 Å². The van der Waals surface area contributed by atoms with E-state index < -0.39 is 0 Å². The Kier molecular flexibility index (Phi) is 5.20. The van der Waals surface area contributed by atoms with Crippen LogP contribution >= 0.6 is 0 Å². The predicted octanol–water partition coefficient (Wildman–Crippen LogP) is 1.39. The van der Waals surface area contributed by atoms with Crippen LogP contribution in [0.3, 0.4) is 0 Å². The SMILES string of the molecule is CC(C)(C#N)N1CCN(CCCN2CCCC2)CC1. The summed E-state index contributed by atoms with van der Waals surface area (Å²) in [4.78, 5) is 7.46. The number of hydrogen-bond acceptors (Lipinski definition) is 4. The summed E-state index contributed by atoms with van der Waals surface area (Å²) in [7, 11) is 0. The molecule has 0 unspecified atom stereocenters. The van der Waals surface area contributed by atoms with Gasteiger partial charge in [-0.15, -0.1) is 0 Å². The molecule has 0 bridgehead atoms. The van der Waals surface area contributed by atoms with Crippen LogP contribution in [0.25, 0.3) is 0 Å². The van der Waals surface area contributed by atoms with Gasteiger partial charge in [-0.3, -0.25) is 4.90 Å². The molecule has 19 heavy (non-hydrogen) atoms. The molecule has 4 nitrogen and oxygen atoms in total. The van der Waals surface area contributed by atoms with Gasteiger partial charge in [0, 0.05) is 26.2 Å². The minimum atomic E-state index is -0.304. The molecule has 0 N–H and O–H groups in total. The Morgan fingerprint density at radius 3 is 1.95 bits per heavy atom. The molecular weight excluding hydrogens is 236 g/mol. The number of nitrogens with zero attached hydrogens (tertiary/aromatic N) is 4. The van der Waals surface area contributed by atoms with Gasteiger partial charge < -0.3 is 9.80 Å². The first kappa shape index (κ1) is 14.8. The zero-order valence-corrected chi connectivity index (χ0v) is 12.6. The minimum Gasteiger partial charge on any atom is -0.303 e. The molecular formula is C15H28N4. The third-order valence-electron chi connectivity index (χ3n) is 4.58. The number of nitriles is 1. The van der Waals surface area contributed by atoms with Crippen LogP contribution in [0, 0.1) is 11.3 Å². The summed E-state index contributed by atoms with van der Waals surface area (Å²) in [5.74, 6) is 0. The van der Waals surface area contributed by atoms with E-state index in [1.54, 1.807) is 0 Å². The summed E-state index contributed by atoms with van der Waals surface area (Å²) in [6.07, 6.45) is 4.07. The van der Waals surface area contributed by atoms with Crippen molar-refractivity contribution in [3.63, 3.8) is 0 Å². The highest BCUT2D eigenvalue weighted by atomic mass is 15.3. The Morgan fingerprint density at radius 1 is 0.895 bits per heavy atom. The molecule has 2 saturated heterocycles. The van der Waals surface area contributed by atoms with E-state index in [-0.39, 0.29) is 5.54 Å². The fourth-order valence-corrected chi connectivity index (χ4v) is 3.13. The van der Waals surface area contributed by atoms with Crippen LogP contribution in [-0.4, -0.2) is 72.6 Å². The molecule has 0 spiro atoms. The molecule has 2 rings (SSSR count). The number of rotatable bonds is 5. The number of hydrogen-bond donors (Lipinski definition) is 0. The van der Waals surface area contributed by atoms with Crippen molar-refractivity contribution >= 4 is 0 Å². The molecule has 0 radical (unpaired) electrons. The van der Waals surface area contributed by atoms with Gasteiger partial charge in [0.2, 0.25) is 0 Å². The molecule has 2 heterocycles. The van der Waals surface area contributed by atoms with E-state index in [1.807, 2.05) is 13.8 Å². The molecule has 0 aromatic rings. The van der Waals surface area contributed by atoms with Crippen molar-refractivity contribution in [2.45, 2.75) is 38.6 Å². The van der Waals surface area contributed by atoms with Crippen LogP contribution in [0.1, 0.15) is 33.1 Å². The lowest BCUT2D eigenvalue weighted by Gasteiger charge is -2.40. The maximum absolute atomic E-state index is 9.16. The molecule has 2 fully saturated rings. The minimum absolute atomic E-state index is 0.304. The molecule has 0 aliphatic carbocycles. The topological polar surface area (TPSA) is 33.5 Å². The van der Waals surface area contributed by atoms with E-state index in [2.05, 4.69) is 20.8 Å². The maximum Gasteiger partial charge on any atom is 0.103 e. The molecule has 2 aliphatic rings. The number of likely N-dealkylation sites (tertiary alicyclic amines) is 1. The first-order valence-electron chi connectivity index (χ1n) is 7.73. The van der Waals surface area contributed by atoms with Crippen molar-refractivity contribution in [3.8, 4) is 6.07 Å². The fraction of sp³-hybridized carbons (Fsp3) is 0.933. The van der Waals surface area contributed by atoms with Crippen LogP contribution in [0.4, 0.5) is 0 Å². The standard InChI is InChI=1S/C15H28N4/c1-15(2,14-16)19-12-10-18(11-13-19)9-5-8-17-6-3-4-7-17/h3-13H2,1-2H3. The summed E-state index contributed by atoms with van der Waals surface area (Å²) in [6.45, 7) is 13.5. The maximum atomic E-state index is 9.16. The first-order chi connectivity index (χ1) is 9.12. The van der Waals surface area contributed by atoms with E-state index >= 15 is 0 Å². The normalized spacial score (nSPS) is 23.6. The Morgan fingerprint density at radius 2 is 1.42 bits per heavy atom. The Hall–Kier alpha value is -0.630. The average molecular weight is 264 g/mol. The van der Waals surface area contributed by atoms with Gasteiger partial charge in [-0.05, 0) is 59.3 Å². The van der Waals surface area contributed by atoms with Crippen molar-refractivity contribution in [2.24, 2.45) is 0 Å². The molecule has 4 heteroatoms. The van der Waals surface area contributed by atoms with Gasteiger partial charge in [-0.1, -0.05) is 0 Å². The van der Waals surface area contributed by atoms with Crippen molar-refractivity contribution in [1.29, 1.82) is 5.26 Å². The van der Waals surface area contributed by atoms with Gasteiger partial charge in [0.05, 0.1) is 6.07 Å². The summed E-state index contributed by atoms with van der Waals surface area (Å²) in [5, 5.41) is 9.16. The molecule has 108 valence electrons. The van der Waals surface area contributed by atoms with Gasteiger partial charge in [-0.25, -0.2) is 0 Å². The zero-order chi connectivity index (χ0) is 13.7. The molecule has 0 aromatic heterocycles. The Balaban J connectivity index is 1.62. The quantitative estimate of drug-likeness (QED) is 0.751. The van der Waals surface area contributed by atoms with E-state index in [0.717, 1.165) is 26.2 Å². The van der Waals surface area contributed by atoms with Crippen LogP contribution < -0.4 is 0 Å². The monoisotopic (exact) mass is 264 g/mol. The molecule has 2 aliphatic heterocycles. The second kappa shape index (κ2) is 6.69. The predicted molar refractivity (Wildman–Crippen MR) is 78.0 cm³/mol.